The van der Waals surface area contributed by atoms with Gasteiger partial charge in [0, 0.05) is 40.3 Å². The lowest BCUT2D eigenvalue weighted by Gasteiger charge is -2.32. The van der Waals surface area contributed by atoms with Crippen molar-refractivity contribution in [3.8, 4) is 5.75 Å². The van der Waals surface area contributed by atoms with E-state index in [0.717, 1.165) is 50.3 Å². The molecular weight excluding hydrogens is 475 g/mol. The van der Waals surface area contributed by atoms with E-state index in [0.29, 0.717) is 22.7 Å². The zero-order valence-electron chi connectivity index (χ0n) is 19.7. The third kappa shape index (κ3) is 6.17. The smallest absolute Gasteiger partial charge is 0.124 e. The van der Waals surface area contributed by atoms with Gasteiger partial charge in [-0.1, -0.05) is 89.9 Å². The van der Waals surface area contributed by atoms with Gasteiger partial charge >= 0.3 is 0 Å². The summed E-state index contributed by atoms with van der Waals surface area (Å²) >= 11 is 12.4. The van der Waals surface area contributed by atoms with E-state index < -0.39 is 0 Å². The highest BCUT2D eigenvalue weighted by molar-refractivity contribution is 6.35. The normalized spacial score (nSPS) is 14.9. The Morgan fingerprint density at radius 3 is 2.43 bits per heavy atom. The second-order valence-corrected chi connectivity index (χ2v) is 10.0. The fourth-order valence-electron chi connectivity index (χ4n) is 4.81. The lowest BCUT2D eigenvalue weighted by atomic mass is 10.0. The summed E-state index contributed by atoms with van der Waals surface area (Å²) in [5, 5.41) is 7.52. The average Bonchev–Trinajstić information content (AvgIpc) is 2.88. The average molecular weight is 505 g/mol. The molecule has 1 aliphatic rings. The number of piperidine rings is 1. The van der Waals surface area contributed by atoms with Gasteiger partial charge in [0.1, 0.15) is 12.4 Å². The summed E-state index contributed by atoms with van der Waals surface area (Å²) in [7, 11) is 0. The molecule has 0 spiro atoms. The number of hydrogen-bond donors (Lipinski definition) is 1. The molecule has 4 aromatic rings. The summed E-state index contributed by atoms with van der Waals surface area (Å²) in [5.74, 6) is 0.892. The van der Waals surface area contributed by atoms with Crippen LogP contribution >= 0.6 is 23.2 Å². The van der Waals surface area contributed by atoms with Crippen LogP contribution in [0.5, 0.6) is 5.75 Å². The number of ether oxygens (including phenoxy) is 1. The molecule has 0 saturated carbocycles. The molecule has 5 rings (SSSR count). The molecule has 0 aliphatic carbocycles. The van der Waals surface area contributed by atoms with Gasteiger partial charge in [-0.3, -0.25) is 4.90 Å². The Bertz CT molecular complexity index is 1270. The number of nitrogens with zero attached hydrogens (tertiary/aromatic N) is 1. The molecular formula is C30H30Cl2N2O. The van der Waals surface area contributed by atoms with E-state index in [1.54, 1.807) is 6.07 Å². The molecule has 1 aliphatic heterocycles. The summed E-state index contributed by atoms with van der Waals surface area (Å²) in [6.45, 7) is 4.43. The fraction of sp³-hybridized carbons (Fsp3) is 0.267. The minimum absolute atomic E-state index is 0.402. The van der Waals surface area contributed by atoms with Gasteiger partial charge in [0.25, 0.3) is 0 Å². The highest BCUT2D eigenvalue weighted by atomic mass is 35.5. The summed E-state index contributed by atoms with van der Waals surface area (Å²) < 4.78 is 6.30. The third-order valence-corrected chi connectivity index (χ3v) is 7.39. The maximum Gasteiger partial charge on any atom is 0.124 e. The number of likely N-dealkylation sites (tertiary alicyclic amines) is 1. The zero-order chi connectivity index (χ0) is 24.0. The molecule has 180 valence electrons. The van der Waals surface area contributed by atoms with E-state index in [-0.39, 0.29) is 0 Å². The highest BCUT2D eigenvalue weighted by Crippen LogP contribution is 2.30. The molecule has 1 N–H and O–H groups in total. The van der Waals surface area contributed by atoms with E-state index in [1.807, 2.05) is 12.1 Å². The first kappa shape index (κ1) is 24.1. The molecule has 0 unspecified atom stereocenters. The van der Waals surface area contributed by atoms with Crippen LogP contribution in [0.4, 0.5) is 0 Å². The second-order valence-electron chi connectivity index (χ2n) is 9.20. The monoisotopic (exact) mass is 504 g/mol. The molecule has 1 saturated heterocycles. The Kier molecular flexibility index (Phi) is 7.90. The number of benzene rings is 4. The van der Waals surface area contributed by atoms with E-state index in [1.165, 1.54) is 21.9 Å². The standard InChI is InChI=1S/C30H30Cl2N2O/c31-25-12-10-24(29(32)18-25)21-35-30-13-11-23-8-4-5-9-27(23)28(30)19-33-26-14-16-34(17-15-26)20-22-6-2-1-3-7-22/h1-13,18,26,33H,14-17,19-21H2. The molecule has 1 fully saturated rings. The van der Waals surface area contributed by atoms with Crippen molar-refractivity contribution in [2.24, 2.45) is 0 Å². The Balaban J connectivity index is 1.25. The maximum atomic E-state index is 6.38. The van der Waals surface area contributed by atoms with Crippen LogP contribution in [0.1, 0.15) is 29.5 Å². The van der Waals surface area contributed by atoms with Crippen LogP contribution in [0, 0.1) is 0 Å². The molecule has 0 atom stereocenters. The van der Waals surface area contributed by atoms with Crippen LogP contribution in [0.15, 0.2) is 84.9 Å². The number of hydrogen-bond acceptors (Lipinski definition) is 3. The van der Waals surface area contributed by atoms with Gasteiger partial charge in [-0.05, 0) is 60.5 Å². The topological polar surface area (TPSA) is 24.5 Å². The molecule has 3 nitrogen and oxygen atoms in total. The van der Waals surface area contributed by atoms with Crippen molar-refractivity contribution in [3.63, 3.8) is 0 Å². The van der Waals surface area contributed by atoms with E-state index in [4.69, 9.17) is 27.9 Å². The molecule has 0 aromatic heterocycles. The van der Waals surface area contributed by atoms with Crippen molar-refractivity contribution in [1.29, 1.82) is 0 Å². The summed E-state index contributed by atoms with van der Waals surface area (Å²) in [6.07, 6.45) is 2.29. The molecule has 0 bridgehead atoms. The van der Waals surface area contributed by atoms with Crippen LogP contribution in [0.2, 0.25) is 10.0 Å². The first-order valence-electron chi connectivity index (χ1n) is 12.2. The first-order valence-corrected chi connectivity index (χ1v) is 13.0. The van der Waals surface area contributed by atoms with Gasteiger partial charge in [0.2, 0.25) is 0 Å². The molecule has 1 heterocycles. The van der Waals surface area contributed by atoms with Crippen LogP contribution in [0.25, 0.3) is 10.8 Å². The molecule has 35 heavy (non-hydrogen) atoms. The summed E-state index contributed by atoms with van der Waals surface area (Å²) in [4.78, 5) is 2.55. The lowest BCUT2D eigenvalue weighted by Crippen LogP contribution is -2.41. The number of halogens is 2. The Morgan fingerprint density at radius 1 is 0.857 bits per heavy atom. The minimum atomic E-state index is 0.402. The summed E-state index contributed by atoms with van der Waals surface area (Å²) in [6, 6.07) is 29.5. The molecule has 4 aromatic carbocycles. The Labute approximate surface area is 217 Å². The Morgan fingerprint density at radius 2 is 1.63 bits per heavy atom. The van der Waals surface area contributed by atoms with Gasteiger partial charge in [0.15, 0.2) is 0 Å². The Hall–Kier alpha value is -2.56. The van der Waals surface area contributed by atoms with Crippen molar-refractivity contribution < 1.29 is 4.74 Å². The van der Waals surface area contributed by atoms with Crippen LogP contribution in [-0.4, -0.2) is 24.0 Å². The van der Waals surface area contributed by atoms with Crippen molar-refractivity contribution in [2.75, 3.05) is 13.1 Å². The third-order valence-electron chi connectivity index (χ3n) is 6.80. The predicted octanol–water partition coefficient (Wildman–Crippen LogP) is 7.48. The van der Waals surface area contributed by atoms with E-state index >= 15 is 0 Å². The summed E-state index contributed by atoms with van der Waals surface area (Å²) in [5.41, 5.74) is 3.51. The van der Waals surface area contributed by atoms with Gasteiger partial charge in [-0.25, -0.2) is 0 Å². The van der Waals surface area contributed by atoms with Crippen molar-refractivity contribution >= 4 is 34.0 Å². The van der Waals surface area contributed by atoms with Crippen LogP contribution in [0.3, 0.4) is 0 Å². The van der Waals surface area contributed by atoms with E-state index in [2.05, 4.69) is 76.9 Å². The highest BCUT2D eigenvalue weighted by Gasteiger charge is 2.20. The van der Waals surface area contributed by atoms with Gasteiger partial charge in [-0.15, -0.1) is 0 Å². The predicted molar refractivity (Wildman–Crippen MR) is 146 cm³/mol. The fourth-order valence-corrected chi connectivity index (χ4v) is 5.27. The molecule has 0 radical (unpaired) electrons. The maximum absolute atomic E-state index is 6.38. The molecule has 5 heteroatoms. The molecule has 0 amide bonds. The van der Waals surface area contributed by atoms with Gasteiger partial charge < -0.3 is 10.1 Å². The van der Waals surface area contributed by atoms with Crippen molar-refractivity contribution in [3.05, 3.63) is 112 Å². The minimum Gasteiger partial charge on any atom is -0.488 e. The number of rotatable bonds is 8. The SMILES string of the molecule is Clc1ccc(COc2ccc3ccccc3c2CNC2CCN(Cc3ccccc3)CC2)c(Cl)c1. The van der Waals surface area contributed by atoms with Gasteiger partial charge in [-0.2, -0.15) is 0 Å². The lowest BCUT2D eigenvalue weighted by molar-refractivity contribution is 0.190. The van der Waals surface area contributed by atoms with E-state index in [9.17, 15) is 0 Å². The van der Waals surface area contributed by atoms with Crippen LogP contribution < -0.4 is 10.1 Å². The zero-order valence-corrected chi connectivity index (χ0v) is 21.2. The first-order chi connectivity index (χ1) is 17.2. The largest absolute Gasteiger partial charge is 0.488 e. The quantitative estimate of drug-likeness (QED) is 0.269. The van der Waals surface area contributed by atoms with Crippen molar-refractivity contribution in [2.45, 2.75) is 38.6 Å². The van der Waals surface area contributed by atoms with Crippen LogP contribution in [-0.2, 0) is 19.7 Å². The van der Waals surface area contributed by atoms with Gasteiger partial charge in [0.05, 0.1) is 0 Å². The number of fused-ring (bicyclic) bond motifs is 1. The van der Waals surface area contributed by atoms with Crippen molar-refractivity contribution in [1.82, 2.24) is 10.2 Å². The second kappa shape index (κ2) is 11.5. The number of nitrogens with one attached hydrogen (secondary N) is 1.